The van der Waals surface area contributed by atoms with Gasteiger partial charge in [-0.15, -0.1) is 0 Å². The Hall–Kier alpha value is -0.940. The lowest BCUT2D eigenvalue weighted by Crippen LogP contribution is -2.42. The fraction of sp³-hybridized carbons (Fsp3) is 0.571. The number of nitrogens with two attached hydrogens (primary N) is 1. The first kappa shape index (κ1) is 14.5. The highest BCUT2D eigenvalue weighted by Crippen LogP contribution is 2.34. The molecular weight excluding hydrogens is 306 g/mol. The van der Waals surface area contributed by atoms with Crippen molar-refractivity contribution in [3.8, 4) is 0 Å². The average Bonchev–Trinajstić information content (AvgIpc) is 2.42. The van der Waals surface area contributed by atoms with Crippen molar-refractivity contribution in [1.29, 1.82) is 0 Å². The first-order valence-electron chi connectivity index (χ1n) is 6.64. The molecule has 1 fully saturated rings. The fourth-order valence-corrected chi connectivity index (χ4v) is 2.92. The van der Waals surface area contributed by atoms with E-state index >= 15 is 0 Å². The molecule has 0 saturated heterocycles. The van der Waals surface area contributed by atoms with E-state index < -0.39 is 0 Å². The minimum absolute atomic E-state index is 0.0318. The van der Waals surface area contributed by atoms with Crippen LogP contribution in [0.2, 0.25) is 0 Å². The number of nitrogens with zero attached hydrogens (tertiary/aromatic N) is 1. The van der Waals surface area contributed by atoms with Gasteiger partial charge in [-0.3, -0.25) is 9.78 Å². The highest BCUT2D eigenvalue weighted by atomic mass is 79.9. The van der Waals surface area contributed by atoms with Gasteiger partial charge in [-0.2, -0.15) is 0 Å². The van der Waals surface area contributed by atoms with E-state index in [-0.39, 0.29) is 17.4 Å². The maximum Gasteiger partial charge on any atom is 0.252 e. The highest BCUT2D eigenvalue weighted by Gasteiger charge is 2.30. The Kier molecular flexibility index (Phi) is 4.58. The second-order valence-corrected chi connectivity index (χ2v) is 6.47. The molecule has 1 amide bonds. The molecule has 0 atom stereocenters. The van der Waals surface area contributed by atoms with E-state index in [1.807, 2.05) is 0 Å². The summed E-state index contributed by atoms with van der Waals surface area (Å²) in [5.41, 5.74) is 6.68. The first-order valence-corrected chi connectivity index (χ1v) is 7.44. The molecule has 1 aromatic heterocycles. The normalized spacial score (nSPS) is 27.0. The van der Waals surface area contributed by atoms with Crippen LogP contribution in [-0.2, 0) is 0 Å². The van der Waals surface area contributed by atoms with Crippen molar-refractivity contribution in [2.45, 2.75) is 38.6 Å². The highest BCUT2D eigenvalue weighted by molar-refractivity contribution is 9.10. The zero-order chi connectivity index (χ0) is 13.9. The van der Waals surface area contributed by atoms with Gasteiger partial charge in [-0.1, -0.05) is 6.92 Å². The number of hydrogen-bond donors (Lipinski definition) is 2. The molecule has 5 heteroatoms. The Morgan fingerprint density at radius 1 is 1.58 bits per heavy atom. The van der Waals surface area contributed by atoms with Crippen molar-refractivity contribution < 1.29 is 4.79 Å². The standard InChI is InChI=1S/C14H20BrN3O/c1-14(9-16)5-2-10(3-6-14)18-13(19)11-4-7-17-8-12(11)15/h4,7-8,10H,2-3,5-6,9,16H2,1H3,(H,18,19). The summed E-state index contributed by atoms with van der Waals surface area (Å²) in [4.78, 5) is 16.1. The first-order chi connectivity index (χ1) is 9.04. The number of carbonyl (C=O) groups is 1. The summed E-state index contributed by atoms with van der Waals surface area (Å²) in [7, 11) is 0. The van der Waals surface area contributed by atoms with E-state index in [4.69, 9.17) is 5.73 Å². The molecule has 0 aliphatic heterocycles. The van der Waals surface area contributed by atoms with E-state index in [1.54, 1.807) is 18.5 Å². The van der Waals surface area contributed by atoms with Crippen LogP contribution in [0.1, 0.15) is 43.0 Å². The number of rotatable bonds is 3. The Balaban J connectivity index is 1.93. The molecule has 4 nitrogen and oxygen atoms in total. The molecule has 19 heavy (non-hydrogen) atoms. The Labute approximate surface area is 122 Å². The van der Waals surface area contributed by atoms with Crippen LogP contribution in [-0.4, -0.2) is 23.5 Å². The van der Waals surface area contributed by atoms with Crippen LogP contribution in [0.5, 0.6) is 0 Å². The zero-order valence-corrected chi connectivity index (χ0v) is 12.7. The van der Waals surface area contributed by atoms with Crippen LogP contribution >= 0.6 is 15.9 Å². The predicted molar refractivity (Wildman–Crippen MR) is 78.8 cm³/mol. The second kappa shape index (κ2) is 6.01. The van der Waals surface area contributed by atoms with Crippen molar-refractivity contribution in [1.82, 2.24) is 10.3 Å². The van der Waals surface area contributed by atoms with Gasteiger partial charge in [-0.25, -0.2) is 0 Å². The summed E-state index contributed by atoms with van der Waals surface area (Å²) in [6, 6.07) is 1.99. The third kappa shape index (κ3) is 3.54. The van der Waals surface area contributed by atoms with Crippen LogP contribution in [0.25, 0.3) is 0 Å². The second-order valence-electron chi connectivity index (χ2n) is 5.62. The SMILES string of the molecule is CC1(CN)CCC(NC(=O)c2ccncc2Br)CC1. The van der Waals surface area contributed by atoms with Crippen LogP contribution < -0.4 is 11.1 Å². The maximum absolute atomic E-state index is 12.2. The van der Waals surface area contributed by atoms with Gasteiger partial charge in [0.2, 0.25) is 0 Å². The number of nitrogens with one attached hydrogen (secondary N) is 1. The van der Waals surface area contributed by atoms with Gasteiger partial charge in [-0.05, 0) is 59.6 Å². The van der Waals surface area contributed by atoms with E-state index in [0.29, 0.717) is 5.56 Å². The summed E-state index contributed by atoms with van der Waals surface area (Å²) < 4.78 is 0.732. The minimum atomic E-state index is -0.0318. The molecule has 0 spiro atoms. The van der Waals surface area contributed by atoms with Crippen LogP contribution in [0.15, 0.2) is 22.9 Å². The average molecular weight is 326 g/mol. The van der Waals surface area contributed by atoms with Crippen molar-refractivity contribution in [2.24, 2.45) is 11.1 Å². The Morgan fingerprint density at radius 2 is 2.26 bits per heavy atom. The minimum Gasteiger partial charge on any atom is -0.349 e. The third-order valence-electron chi connectivity index (χ3n) is 4.04. The molecule has 1 saturated carbocycles. The summed E-state index contributed by atoms with van der Waals surface area (Å²) >= 11 is 3.35. The van der Waals surface area contributed by atoms with E-state index in [0.717, 1.165) is 36.7 Å². The number of halogens is 1. The number of amides is 1. The quantitative estimate of drug-likeness (QED) is 0.897. The lowest BCUT2D eigenvalue weighted by atomic mass is 9.74. The molecule has 1 aromatic rings. The molecule has 3 N–H and O–H groups in total. The molecular formula is C14H20BrN3O. The molecule has 0 aromatic carbocycles. The van der Waals surface area contributed by atoms with Crippen LogP contribution in [0, 0.1) is 5.41 Å². The smallest absolute Gasteiger partial charge is 0.252 e. The number of carbonyl (C=O) groups excluding carboxylic acids is 1. The molecule has 1 aliphatic carbocycles. The van der Waals surface area contributed by atoms with Crippen molar-refractivity contribution in [3.05, 3.63) is 28.5 Å². The van der Waals surface area contributed by atoms with E-state index in [1.165, 1.54) is 0 Å². The molecule has 104 valence electrons. The van der Waals surface area contributed by atoms with Gasteiger partial charge in [0.15, 0.2) is 0 Å². The van der Waals surface area contributed by atoms with Crippen molar-refractivity contribution in [3.63, 3.8) is 0 Å². The lowest BCUT2D eigenvalue weighted by Gasteiger charge is -2.36. The molecule has 0 radical (unpaired) electrons. The summed E-state index contributed by atoms with van der Waals surface area (Å²) in [5.74, 6) is -0.0318. The maximum atomic E-state index is 12.2. The van der Waals surface area contributed by atoms with Gasteiger partial charge in [0.25, 0.3) is 5.91 Å². The topological polar surface area (TPSA) is 68.0 Å². The lowest BCUT2D eigenvalue weighted by molar-refractivity contribution is 0.0905. The monoisotopic (exact) mass is 325 g/mol. The Bertz CT molecular complexity index is 456. The predicted octanol–water partition coefficient (Wildman–Crippen LogP) is 2.48. The van der Waals surface area contributed by atoms with Gasteiger partial charge in [0.05, 0.1) is 5.56 Å². The molecule has 1 heterocycles. The zero-order valence-electron chi connectivity index (χ0n) is 11.2. The van der Waals surface area contributed by atoms with Gasteiger partial charge < -0.3 is 11.1 Å². The van der Waals surface area contributed by atoms with E-state index in [9.17, 15) is 4.79 Å². The Morgan fingerprint density at radius 3 is 2.84 bits per heavy atom. The molecule has 0 unspecified atom stereocenters. The van der Waals surface area contributed by atoms with Crippen molar-refractivity contribution in [2.75, 3.05) is 6.54 Å². The molecule has 2 rings (SSSR count). The largest absolute Gasteiger partial charge is 0.349 e. The number of pyridine rings is 1. The summed E-state index contributed by atoms with van der Waals surface area (Å²) in [6.45, 7) is 2.95. The molecule has 0 bridgehead atoms. The number of hydrogen-bond acceptors (Lipinski definition) is 3. The van der Waals surface area contributed by atoms with Crippen LogP contribution in [0.4, 0.5) is 0 Å². The van der Waals surface area contributed by atoms with E-state index in [2.05, 4.69) is 33.2 Å². The van der Waals surface area contributed by atoms with Gasteiger partial charge in [0, 0.05) is 22.9 Å². The van der Waals surface area contributed by atoms with Crippen LogP contribution in [0.3, 0.4) is 0 Å². The van der Waals surface area contributed by atoms with Crippen molar-refractivity contribution >= 4 is 21.8 Å². The molecule has 1 aliphatic rings. The van der Waals surface area contributed by atoms with Gasteiger partial charge >= 0.3 is 0 Å². The third-order valence-corrected chi connectivity index (χ3v) is 4.67. The van der Waals surface area contributed by atoms with Gasteiger partial charge in [0.1, 0.15) is 0 Å². The number of aromatic nitrogens is 1. The summed E-state index contributed by atoms with van der Waals surface area (Å²) in [5, 5.41) is 3.10. The summed E-state index contributed by atoms with van der Waals surface area (Å²) in [6.07, 6.45) is 7.43. The fourth-order valence-electron chi connectivity index (χ4n) is 2.49.